The van der Waals surface area contributed by atoms with E-state index in [-0.39, 0.29) is 24.2 Å². The van der Waals surface area contributed by atoms with Gasteiger partial charge < -0.3 is 20.1 Å². The van der Waals surface area contributed by atoms with Gasteiger partial charge in [-0.25, -0.2) is 4.79 Å². The van der Waals surface area contributed by atoms with Crippen molar-refractivity contribution in [3.8, 4) is 5.75 Å². The Bertz CT molecular complexity index is 1010. The molecule has 2 amide bonds. The Labute approximate surface area is 221 Å². The second kappa shape index (κ2) is 13.8. The molecule has 0 saturated carbocycles. The fraction of sp³-hybridized carbons (Fsp3) is 0.500. The fourth-order valence-corrected chi connectivity index (χ4v) is 3.58. The molecule has 0 aliphatic carbocycles. The van der Waals surface area contributed by atoms with Crippen LogP contribution in [-0.4, -0.2) is 35.5 Å². The molecule has 0 aliphatic heterocycles. The lowest BCUT2D eigenvalue weighted by molar-refractivity contribution is -0.158. The largest absolute Gasteiger partial charge is 0.489 e. The number of nitrogens with one attached hydrogen (secondary N) is 2. The summed E-state index contributed by atoms with van der Waals surface area (Å²) in [6, 6.07) is 15.7. The summed E-state index contributed by atoms with van der Waals surface area (Å²) >= 11 is 0. The Hall–Kier alpha value is -3.35. The molecule has 0 aliphatic rings. The molecule has 2 atom stereocenters. The van der Waals surface area contributed by atoms with Crippen LogP contribution in [0.15, 0.2) is 54.6 Å². The highest BCUT2D eigenvalue weighted by molar-refractivity contribution is 5.91. The first-order valence-corrected chi connectivity index (χ1v) is 12.9. The van der Waals surface area contributed by atoms with Gasteiger partial charge in [0.2, 0.25) is 11.8 Å². The van der Waals surface area contributed by atoms with Gasteiger partial charge in [0.05, 0.1) is 0 Å². The molecule has 2 rings (SSSR count). The van der Waals surface area contributed by atoms with Gasteiger partial charge in [-0.1, -0.05) is 70.2 Å². The third-order valence-corrected chi connectivity index (χ3v) is 5.48. The molecule has 0 saturated heterocycles. The van der Waals surface area contributed by atoms with Gasteiger partial charge in [-0.3, -0.25) is 9.59 Å². The third kappa shape index (κ3) is 11.1. The van der Waals surface area contributed by atoms with Crippen LogP contribution in [0.5, 0.6) is 5.75 Å². The monoisotopic (exact) mass is 510 g/mol. The molecular formula is C30H42N2O5. The van der Waals surface area contributed by atoms with Crippen LogP contribution < -0.4 is 15.4 Å². The molecule has 2 aromatic carbocycles. The molecule has 7 heteroatoms. The normalized spacial score (nSPS) is 13.1. The smallest absolute Gasteiger partial charge is 0.329 e. The Morgan fingerprint density at radius 3 is 1.92 bits per heavy atom. The van der Waals surface area contributed by atoms with E-state index in [1.165, 1.54) is 0 Å². The maximum Gasteiger partial charge on any atom is 0.329 e. The number of rotatable bonds is 12. The van der Waals surface area contributed by atoms with E-state index in [0.29, 0.717) is 18.8 Å². The summed E-state index contributed by atoms with van der Waals surface area (Å²) in [6.45, 7) is 13.3. The molecular weight excluding hydrogens is 468 g/mol. The van der Waals surface area contributed by atoms with Crippen molar-refractivity contribution in [1.29, 1.82) is 0 Å². The number of carbonyl (C=O) groups is 3. The van der Waals surface area contributed by atoms with Crippen molar-refractivity contribution in [2.24, 2.45) is 11.8 Å². The zero-order chi connectivity index (χ0) is 27.6. The summed E-state index contributed by atoms with van der Waals surface area (Å²) in [4.78, 5) is 38.6. The van der Waals surface area contributed by atoms with Gasteiger partial charge in [0, 0.05) is 12.3 Å². The molecule has 0 fully saturated rings. The minimum atomic E-state index is -0.909. The molecule has 0 radical (unpaired) electrons. The van der Waals surface area contributed by atoms with Gasteiger partial charge in [-0.05, 0) is 56.4 Å². The standard InChI is InChI=1S/C30H42N2O5/c1-20(2)17-25(31-27(33)21(3)4)28(34)32-26(29(35)37-30(5,6)7)18-22-13-15-24(16-14-22)36-19-23-11-9-8-10-12-23/h8-16,20-21,25-26H,17-19H2,1-7H3,(H,31,33)(H,32,34). The van der Waals surface area contributed by atoms with E-state index < -0.39 is 29.6 Å². The second-order valence-corrected chi connectivity index (χ2v) is 11.1. The van der Waals surface area contributed by atoms with Crippen molar-refractivity contribution in [3.05, 3.63) is 65.7 Å². The predicted molar refractivity (Wildman–Crippen MR) is 145 cm³/mol. The maximum atomic E-state index is 13.2. The molecule has 0 spiro atoms. The van der Waals surface area contributed by atoms with Gasteiger partial charge in [-0.2, -0.15) is 0 Å². The molecule has 0 aromatic heterocycles. The summed E-state index contributed by atoms with van der Waals surface area (Å²) in [5.74, 6) is -0.511. The minimum Gasteiger partial charge on any atom is -0.489 e. The summed E-state index contributed by atoms with van der Waals surface area (Å²) in [5, 5.41) is 5.66. The quantitative estimate of drug-likeness (QED) is 0.399. The van der Waals surface area contributed by atoms with Crippen LogP contribution in [-0.2, 0) is 32.1 Å². The zero-order valence-corrected chi connectivity index (χ0v) is 23.2. The van der Waals surface area contributed by atoms with E-state index in [1.54, 1.807) is 34.6 Å². The average molecular weight is 511 g/mol. The predicted octanol–water partition coefficient (Wildman–Crippen LogP) is 4.82. The van der Waals surface area contributed by atoms with E-state index in [2.05, 4.69) is 10.6 Å². The van der Waals surface area contributed by atoms with Crippen molar-refractivity contribution in [2.45, 2.75) is 85.6 Å². The SMILES string of the molecule is CC(C)CC(NC(=O)C(C)C)C(=O)NC(Cc1ccc(OCc2ccccc2)cc1)C(=O)OC(C)(C)C. The van der Waals surface area contributed by atoms with Crippen LogP contribution >= 0.6 is 0 Å². The molecule has 2 unspecified atom stereocenters. The molecule has 7 nitrogen and oxygen atoms in total. The van der Waals surface area contributed by atoms with Crippen LogP contribution in [0.25, 0.3) is 0 Å². The molecule has 0 bridgehead atoms. The number of esters is 1. The number of hydrogen-bond donors (Lipinski definition) is 2. The first-order valence-electron chi connectivity index (χ1n) is 12.9. The van der Waals surface area contributed by atoms with E-state index >= 15 is 0 Å². The van der Waals surface area contributed by atoms with Crippen LogP contribution in [0, 0.1) is 11.8 Å². The zero-order valence-electron chi connectivity index (χ0n) is 23.2. The molecule has 37 heavy (non-hydrogen) atoms. The Kier molecular flexibility index (Phi) is 11.2. The van der Waals surface area contributed by atoms with Crippen LogP contribution in [0.1, 0.15) is 66.0 Å². The van der Waals surface area contributed by atoms with E-state index in [1.807, 2.05) is 68.4 Å². The van der Waals surface area contributed by atoms with Crippen molar-refractivity contribution in [1.82, 2.24) is 10.6 Å². The van der Waals surface area contributed by atoms with Gasteiger partial charge in [0.1, 0.15) is 30.0 Å². The number of amides is 2. The van der Waals surface area contributed by atoms with Gasteiger partial charge in [0.15, 0.2) is 0 Å². The number of carbonyl (C=O) groups excluding carboxylic acids is 3. The van der Waals surface area contributed by atoms with Crippen LogP contribution in [0.3, 0.4) is 0 Å². The highest BCUT2D eigenvalue weighted by atomic mass is 16.6. The van der Waals surface area contributed by atoms with Gasteiger partial charge in [0.25, 0.3) is 0 Å². The lowest BCUT2D eigenvalue weighted by Gasteiger charge is -2.27. The van der Waals surface area contributed by atoms with E-state index in [9.17, 15) is 14.4 Å². The van der Waals surface area contributed by atoms with Crippen molar-refractivity contribution < 1.29 is 23.9 Å². The van der Waals surface area contributed by atoms with Crippen LogP contribution in [0.4, 0.5) is 0 Å². The minimum absolute atomic E-state index is 0.173. The van der Waals surface area contributed by atoms with Crippen molar-refractivity contribution in [2.75, 3.05) is 0 Å². The van der Waals surface area contributed by atoms with Gasteiger partial charge in [-0.15, -0.1) is 0 Å². The first-order chi connectivity index (χ1) is 17.3. The van der Waals surface area contributed by atoms with E-state index in [4.69, 9.17) is 9.47 Å². The summed E-state index contributed by atoms with van der Waals surface area (Å²) < 4.78 is 11.5. The summed E-state index contributed by atoms with van der Waals surface area (Å²) in [5.41, 5.74) is 1.20. The Balaban J connectivity index is 2.14. The lowest BCUT2D eigenvalue weighted by Crippen LogP contribution is -2.54. The summed E-state index contributed by atoms with van der Waals surface area (Å²) in [6.07, 6.45) is 0.699. The van der Waals surface area contributed by atoms with Crippen molar-refractivity contribution >= 4 is 17.8 Å². The number of ether oxygens (including phenoxy) is 2. The molecule has 2 aromatic rings. The van der Waals surface area contributed by atoms with E-state index in [0.717, 1.165) is 11.1 Å². The Morgan fingerprint density at radius 2 is 1.38 bits per heavy atom. The summed E-state index contributed by atoms with van der Waals surface area (Å²) in [7, 11) is 0. The molecule has 0 heterocycles. The van der Waals surface area contributed by atoms with Gasteiger partial charge >= 0.3 is 5.97 Å². The highest BCUT2D eigenvalue weighted by Crippen LogP contribution is 2.17. The lowest BCUT2D eigenvalue weighted by atomic mass is 10.0. The average Bonchev–Trinajstić information content (AvgIpc) is 2.81. The number of benzene rings is 2. The topological polar surface area (TPSA) is 93.7 Å². The number of hydrogen-bond acceptors (Lipinski definition) is 5. The van der Waals surface area contributed by atoms with Crippen LogP contribution in [0.2, 0.25) is 0 Å². The maximum absolute atomic E-state index is 13.2. The third-order valence-electron chi connectivity index (χ3n) is 5.48. The fourth-order valence-electron chi connectivity index (χ4n) is 3.58. The molecule has 2 N–H and O–H groups in total. The highest BCUT2D eigenvalue weighted by Gasteiger charge is 2.31. The second-order valence-electron chi connectivity index (χ2n) is 11.1. The van der Waals surface area contributed by atoms with Crippen molar-refractivity contribution in [3.63, 3.8) is 0 Å². The Morgan fingerprint density at radius 1 is 0.784 bits per heavy atom. The molecule has 202 valence electrons. The first kappa shape index (κ1) is 29.9.